The summed E-state index contributed by atoms with van der Waals surface area (Å²) < 4.78 is 1.05. The predicted molar refractivity (Wildman–Crippen MR) is 102 cm³/mol. The summed E-state index contributed by atoms with van der Waals surface area (Å²) in [5.74, 6) is -0.107. The van der Waals surface area contributed by atoms with Gasteiger partial charge in [-0.05, 0) is 55.0 Å². The monoisotopic (exact) mass is 352 g/mol. The van der Waals surface area contributed by atoms with Gasteiger partial charge in [-0.2, -0.15) is 0 Å². The fourth-order valence-corrected chi connectivity index (χ4v) is 3.85. The van der Waals surface area contributed by atoms with Crippen LogP contribution in [-0.4, -0.2) is 21.4 Å². The first-order valence-electron chi connectivity index (χ1n) is 8.42. The van der Waals surface area contributed by atoms with E-state index in [2.05, 4.69) is 27.4 Å². The summed E-state index contributed by atoms with van der Waals surface area (Å²) in [4.78, 5) is 20.0. The number of amides is 1. The van der Waals surface area contributed by atoms with Gasteiger partial charge in [-0.25, -0.2) is 4.98 Å². The van der Waals surface area contributed by atoms with Crippen LogP contribution in [0.3, 0.4) is 0 Å². The molecule has 0 bridgehead atoms. The molecule has 0 atom stereocenters. The molecule has 6 heteroatoms. The third-order valence-corrected chi connectivity index (χ3v) is 5.54. The summed E-state index contributed by atoms with van der Waals surface area (Å²) in [5.41, 5.74) is 10.6. The number of carbonyl (C=O) groups is 1. The number of nitrogens with one attached hydrogen (secondary N) is 1. The van der Waals surface area contributed by atoms with E-state index in [1.807, 2.05) is 24.5 Å². The van der Waals surface area contributed by atoms with E-state index in [-0.39, 0.29) is 11.4 Å². The largest absolute Gasteiger partial charge is 0.325 e. The van der Waals surface area contributed by atoms with Crippen LogP contribution >= 0.6 is 11.3 Å². The Hall–Kier alpha value is -2.31. The van der Waals surface area contributed by atoms with Crippen LogP contribution < -0.4 is 11.1 Å². The van der Waals surface area contributed by atoms with Gasteiger partial charge in [0.05, 0.1) is 10.2 Å². The minimum atomic E-state index is -0.107. The van der Waals surface area contributed by atoms with Crippen molar-refractivity contribution in [1.29, 1.82) is 0 Å². The molecule has 3 aromatic rings. The van der Waals surface area contributed by atoms with Gasteiger partial charge in [0.1, 0.15) is 0 Å². The molecule has 5 nitrogen and oxygen atoms in total. The molecule has 0 saturated heterocycles. The molecule has 25 heavy (non-hydrogen) atoms. The van der Waals surface area contributed by atoms with E-state index < -0.39 is 0 Å². The minimum absolute atomic E-state index is 0.0671. The molecule has 4 rings (SSSR count). The summed E-state index contributed by atoms with van der Waals surface area (Å²) in [6.45, 7) is 1.49. The lowest BCUT2D eigenvalue weighted by Crippen LogP contribution is -2.22. The lowest BCUT2D eigenvalue weighted by molar-refractivity contribution is -0.114. The summed E-state index contributed by atoms with van der Waals surface area (Å²) >= 11 is 1.48. The smallest absolute Gasteiger partial charge is 0.223 e. The van der Waals surface area contributed by atoms with Crippen molar-refractivity contribution in [1.82, 2.24) is 9.97 Å². The quantitative estimate of drug-likeness (QED) is 0.733. The molecule has 0 aliphatic heterocycles. The lowest BCUT2D eigenvalue weighted by Gasteiger charge is -2.09. The molecule has 1 aliphatic rings. The van der Waals surface area contributed by atoms with Crippen molar-refractivity contribution in [3.8, 4) is 11.1 Å². The Kier molecular flexibility index (Phi) is 4.01. The Morgan fingerprint density at radius 1 is 1.28 bits per heavy atom. The molecule has 0 radical (unpaired) electrons. The number of hydrogen-bond acceptors (Lipinski definition) is 5. The van der Waals surface area contributed by atoms with Crippen molar-refractivity contribution in [2.45, 2.75) is 38.1 Å². The van der Waals surface area contributed by atoms with E-state index in [4.69, 9.17) is 5.73 Å². The van der Waals surface area contributed by atoms with Gasteiger partial charge in [0, 0.05) is 30.4 Å². The van der Waals surface area contributed by atoms with E-state index in [9.17, 15) is 4.79 Å². The molecular formula is C19H20N4OS. The molecule has 1 fully saturated rings. The topological polar surface area (TPSA) is 80.9 Å². The number of aromatic nitrogens is 2. The molecule has 1 amide bonds. The molecule has 2 aromatic heterocycles. The molecular weight excluding hydrogens is 332 g/mol. The zero-order valence-electron chi connectivity index (χ0n) is 14.1. The SMILES string of the molecule is CC(=O)Nc1nc2ccc(-c3cncc(CCC4(N)CC4)c3)cc2s1. The van der Waals surface area contributed by atoms with E-state index in [0.717, 1.165) is 47.0 Å². The fraction of sp³-hybridized carbons (Fsp3) is 0.316. The normalized spacial score (nSPS) is 15.3. The Bertz CT molecular complexity index is 946. The van der Waals surface area contributed by atoms with E-state index in [1.165, 1.54) is 23.8 Å². The van der Waals surface area contributed by atoms with Crippen LogP contribution in [0, 0.1) is 0 Å². The summed E-state index contributed by atoms with van der Waals surface area (Å²) in [6, 6.07) is 8.32. The van der Waals surface area contributed by atoms with Crippen LogP contribution in [0.15, 0.2) is 36.7 Å². The first-order chi connectivity index (χ1) is 12.0. The standard InChI is InChI=1S/C19H20N4OS/c1-12(24)22-18-23-16-3-2-14(9-17(16)25-18)15-8-13(10-21-11-15)4-5-19(20)6-7-19/h2-3,8-11H,4-7,20H2,1H3,(H,22,23,24). The third kappa shape index (κ3) is 3.70. The highest BCUT2D eigenvalue weighted by molar-refractivity contribution is 7.22. The number of carbonyl (C=O) groups excluding carboxylic acids is 1. The van der Waals surface area contributed by atoms with Crippen molar-refractivity contribution in [2.75, 3.05) is 5.32 Å². The summed E-state index contributed by atoms with van der Waals surface area (Å²) in [7, 11) is 0. The number of rotatable bonds is 5. The average Bonchev–Trinajstić information content (AvgIpc) is 3.19. The predicted octanol–water partition coefficient (Wildman–Crippen LogP) is 3.74. The van der Waals surface area contributed by atoms with Crippen molar-refractivity contribution in [2.24, 2.45) is 5.73 Å². The molecule has 2 heterocycles. The highest BCUT2D eigenvalue weighted by atomic mass is 32.1. The number of thiazole rings is 1. The Labute approximate surface area is 150 Å². The molecule has 1 saturated carbocycles. The van der Waals surface area contributed by atoms with Crippen LogP contribution in [-0.2, 0) is 11.2 Å². The van der Waals surface area contributed by atoms with Crippen LogP contribution in [0.5, 0.6) is 0 Å². The molecule has 1 aromatic carbocycles. The number of nitrogens with two attached hydrogens (primary N) is 1. The molecule has 128 valence electrons. The molecule has 0 unspecified atom stereocenters. The Morgan fingerprint density at radius 3 is 2.88 bits per heavy atom. The van der Waals surface area contributed by atoms with Gasteiger partial charge >= 0.3 is 0 Å². The van der Waals surface area contributed by atoms with Gasteiger partial charge in [-0.15, -0.1) is 0 Å². The van der Waals surface area contributed by atoms with Crippen molar-refractivity contribution in [3.63, 3.8) is 0 Å². The van der Waals surface area contributed by atoms with E-state index in [1.54, 1.807) is 0 Å². The third-order valence-electron chi connectivity index (χ3n) is 4.60. The van der Waals surface area contributed by atoms with Gasteiger partial charge in [0.2, 0.25) is 5.91 Å². The lowest BCUT2D eigenvalue weighted by atomic mass is 10.0. The van der Waals surface area contributed by atoms with Gasteiger partial charge in [-0.3, -0.25) is 9.78 Å². The first kappa shape index (κ1) is 16.2. The molecule has 3 N–H and O–H groups in total. The summed E-state index contributed by atoms with van der Waals surface area (Å²) in [5, 5.41) is 3.37. The van der Waals surface area contributed by atoms with Gasteiger partial charge in [0.15, 0.2) is 5.13 Å². The van der Waals surface area contributed by atoms with Gasteiger partial charge in [0.25, 0.3) is 0 Å². The number of aryl methyl sites for hydroxylation is 1. The first-order valence-corrected chi connectivity index (χ1v) is 9.24. The maximum Gasteiger partial charge on any atom is 0.223 e. The number of anilines is 1. The number of hydrogen-bond donors (Lipinski definition) is 2. The summed E-state index contributed by atoms with van der Waals surface area (Å²) in [6.07, 6.45) is 8.07. The van der Waals surface area contributed by atoms with Crippen molar-refractivity contribution in [3.05, 3.63) is 42.2 Å². The number of benzene rings is 1. The number of pyridine rings is 1. The van der Waals surface area contributed by atoms with Crippen LogP contribution in [0.4, 0.5) is 5.13 Å². The fourth-order valence-electron chi connectivity index (χ4n) is 2.89. The second-order valence-corrected chi connectivity index (χ2v) is 7.86. The average molecular weight is 352 g/mol. The minimum Gasteiger partial charge on any atom is -0.325 e. The number of fused-ring (bicyclic) bond motifs is 1. The molecule has 1 aliphatic carbocycles. The Morgan fingerprint density at radius 2 is 2.12 bits per heavy atom. The maximum atomic E-state index is 11.2. The van der Waals surface area contributed by atoms with E-state index >= 15 is 0 Å². The zero-order chi connectivity index (χ0) is 17.4. The zero-order valence-corrected chi connectivity index (χ0v) is 14.9. The maximum absolute atomic E-state index is 11.2. The second-order valence-electron chi connectivity index (χ2n) is 6.83. The van der Waals surface area contributed by atoms with E-state index in [0.29, 0.717) is 5.13 Å². The highest BCUT2D eigenvalue weighted by Gasteiger charge is 2.37. The second kappa shape index (κ2) is 6.20. The van der Waals surface area contributed by atoms with Crippen LogP contribution in [0.25, 0.3) is 21.3 Å². The van der Waals surface area contributed by atoms with Gasteiger partial charge in [-0.1, -0.05) is 17.4 Å². The number of nitrogens with zero attached hydrogens (tertiary/aromatic N) is 2. The van der Waals surface area contributed by atoms with Crippen molar-refractivity contribution >= 4 is 32.6 Å². The van der Waals surface area contributed by atoms with Gasteiger partial charge < -0.3 is 11.1 Å². The van der Waals surface area contributed by atoms with Crippen LogP contribution in [0.2, 0.25) is 0 Å². The highest BCUT2D eigenvalue weighted by Crippen LogP contribution is 2.37. The van der Waals surface area contributed by atoms with Crippen molar-refractivity contribution < 1.29 is 4.79 Å². The Balaban J connectivity index is 1.58. The molecule has 0 spiro atoms. The van der Waals surface area contributed by atoms with Crippen LogP contribution in [0.1, 0.15) is 31.7 Å².